The minimum Gasteiger partial charge on any atom is -0.494 e. The van der Waals surface area contributed by atoms with E-state index in [1.165, 1.54) is 49.3 Å². The van der Waals surface area contributed by atoms with E-state index in [0.717, 1.165) is 5.56 Å². The van der Waals surface area contributed by atoms with Gasteiger partial charge in [0.2, 0.25) is 0 Å². The molecule has 0 amide bonds. The zero-order valence-electron chi connectivity index (χ0n) is 17.2. The number of nitrogens with zero attached hydrogens (tertiary/aromatic N) is 1. The Morgan fingerprint density at radius 1 is 1.00 bits per heavy atom. The standard InChI is InChI=1S/C24H20F3N3OS/c1-31-23-10-22-16(9-20(23)27)24(21(28)12-29-22)30-11-17-18(25)7-15(8-19(17)26)32-13-14-5-3-2-4-6-14/h2-10,12H,11,13,28H2,1H3,(H,29,30). The van der Waals surface area contributed by atoms with Crippen molar-refractivity contribution in [3.05, 3.63) is 89.4 Å². The highest BCUT2D eigenvalue weighted by Crippen LogP contribution is 2.33. The molecule has 1 heterocycles. The van der Waals surface area contributed by atoms with Crippen LogP contribution in [-0.4, -0.2) is 12.1 Å². The summed E-state index contributed by atoms with van der Waals surface area (Å²) in [5.41, 5.74) is 7.95. The first-order valence-electron chi connectivity index (χ1n) is 9.76. The Kier molecular flexibility index (Phi) is 6.41. The Balaban J connectivity index is 1.55. The molecule has 0 aliphatic heterocycles. The molecule has 0 spiro atoms. The molecule has 0 fully saturated rings. The fraction of sp³-hybridized carbons (Fsp3) is 0.125. The molecular formula is C24H20F3N3OS. The summed E-state index contributed by atoms with van der Waals surface area (Å²) in [5.74, 6) is -1.28. The van der Waals surface area contributed by atoms with Gasteiger partial charge < -0.3 is 15.8 Å². The van der Waals surface area contributed by atoms with Crippen molar-refractivity contribution >= 4 is 34.0 Å². The highest BCUT2D eigenvalue weighted by atomic mass is 32.2. The molecule has 0 unspecified atom stereocenters. The number of halogens is 3. The lowest BCUT2D eigenvalue weighted by molar-refractivity contribution is 0.387. The van der Waals surface area contributed by atoms with Crippen molar-refractivity contribution in [3.8, 4) is 5.75 Å². The first kappa shape index (κ1) is 21.8. The van der Waals surface area contributed by atoms with Gasteiger partial charge in [0.05, 0.1) is 30.2 Å². The second-order valence-corrected chi connectivity index (χ2v) is 8.13. The molecule has 32 heavy (non-hydrogen) atoms. The number of nitrogens with two attached hydrogens (primary N) is 1. The van der Waals surface area contributed by atoms with E-state index in [9.17, 15) is 13.2 Å². The number of anilines is 2. The van der Waals surface area contributed by atoms with Crippen LogP contribution in [0.15, 0.2) is 65.7 Å². The summed E-state index contributed by atoms with van der Waals surface area (Å²) < 4.78 is 48.6. The van der Waals surface area contributed by atoms with Gasteiger partial charge in [0, 0.05) is 34.2 Å². The van der Waals surface area contributed by atoms with Crippen LogP contribution in [0.2, 0.25) is 0 Å². The molecule has 3 aromatic carbocycles. The van der Waals surface area contributed by atoms with Crippen LogP contribution >= 0.6 is 11.8 Å². The number of rotatable bonds is 7. The molecule has 4 rings (SSSR count). The molecule has 8 heteroatoms. The van der Waals surface area contributed by atoms with Crippen LogP contribution in [0, 0.1) is 17.5 Å². The average Bonchev–Trinajstić information content (AvgIpc) is 2.79. The summed E-state index contributed by atoms with van der Waals surface area (Å²) in [5, 5.41) is 3.32. The van der Waals surface area contributed by atoms with Gasteiger partial charge in [0.15, 0.2) is 11.6 Å². The van der Waals surface area contributed by atoms with E-state index in [1.807, 2.05) is 30.3 Å². The van der Waals surface area contributed by atoms with Crippen LogP contribution in [0.4, 0.5) is 24.5 Å². The van der Waals surface area contributed by atoms with Crippen molar-refractivity contribution in [2.75, 3.05) is 18.2 Å². The second kappa shape index (κ2) is 9.40. The third kappa shape index (κ3) is 4.60. The molecule has 0 atom stereocenters. The van der Waals surface area contributed by atoms with E-state index in [4.69, 9.17) is 10.5 Å². The lowest BCUT2D eigenvalue weighted by Crippen LogP contribution is -2.08. The van der Waals surface area contributed by atoms with Crippen molar-refractivity contribution in [3.63, 3.8) is 0 Å². The van der Waals surface area contributed by atoms with Gasteiger partial charge in [-0.2, -0.15) is 0 Å². The van der Waals surface area contributed by atoms with Crippen LogP contribution < -0.4 is 15.8 Å². The summed E-state index contributed by atoms with van der Waals surface area (Å²) in [6.45, 7) is -0.168. The predicted octanol–water partition coefficient (Wildman–Crippen LogP) is 6.15. The van der Waals surface area contributed by atoms with Crippen molar-refractivity contribution in [1.29, 1.82) is 0 Å². The van der Waals surface area contributed by atoms with E-state index < -0.39 is 17.5 Å². The van der Waals surface area contributed by atoms with Gasteiger partial charge in [0.1, 0.15) is 11.6 Å². The largest absolute Gasteiger partial charge is 0.494 e. The molecule has 0 bridgehead atoms. The number of hydrogen-bond acceptors (Lipinski definition) is 5. The van der Waals surface area contributed by atoms with Gasteiger partial charge in [-0.25, -0.2) is 13.2 Å². The minimum absolute atomic E-state index is 0.0430. The number of fused-ring (bicyclic) bond motifs is 1. The fourth-order valence-electron chi connectivity index (χ4n) is 3.31. The number of pyridine rings is 1. The molecule has 3 N–H and O–H groups in total. The van der Waals surface area contributed by atoms with Gasteiger partial charge in [-0.1, -0.05) is 30.3 Å². The van der Waals surface area contributed by atoms with Gasteiger partial charge in [-0.05, 0) is 23.8 Å². The van der Waals surface area contributed by atoms with Gasteiger partial charge >= 0.3 is 0 Å². The Morgan fingerprint density at radius 3 is 2.41 bits per heavy atom. The van der Waals surface area contributed by atoms with Crippen LogP contribution in [0.5, 0.6) is 5.75 Å². The van der Waals surface area contributed by atoms with Crippen molar-refractivity contribution in [2.24, 2.45) is 0 Å². The van der Waals surface area contributed by atoms with E-state index in [1.54, 1.807) is 0 Å². The molecule has 0 aliphatic carbocycles. The van der Waals surface area contributed by atoms with Crippen LogP contribution in [0.1, 0.15) is 11.1 Å². The second-order valence-electron chi connectivity index (χ2n) is 7.09. The molecule has 164 valence electrons. The summed E-state index contributed by atoms with van der Waals surface area (Å²) >= 11 is 1.35. The van der Waals surface area contributed by atoms with Crippen molar-refractivity contribution in [1.82, 2.24) is 4.98 Å². The number of hydrogen-bond donors (Lipinski definition) is 2. The van der Waals surface area contributed by atoms with Crippen LogP contribution in [0.25, 0.3) is 10.9 Å². The van der Waals surface area contributed by atoms with E-state index in [2.05, 4.69) is 10.3 Å². The number of benzene rings is 3. The first-order valence-corrected chi connectivity index (χ1v) is 10.7. The van der Waals surface area contributed by atoms with Crippen molar-refractivity contribution in [2.45, 2.75) is 17.2 Å². The Morgan fingerprint density at radius 2 is 1.72 bits per heavy atom. The van der Waals surface area contributed by atoms with Crippen molar-refractivity contribution < 1.29 is 17.9 Å². The fourth-order valence-corrected chi connectivity index (χ4v) is 4.21. The number of thioether (sulfide) groups is 1. The quantitative estimate of drug-likeness (QED) is 0.328. The van der Waals surface area contributed by atoms with Crippen LogP contribution in [0.3, 0.4) is 0 Å². The number of methoxy groups -OCH3 is 1. The number of nitrogens with one attached hydrogen (secondary N) is 1. The molecule has 0 aliphatic rings. The van der Waals surface area contributed by atoms with E-state index >= 15 is 0 Å². The summed E-state index contributed by atoms with van der Waals surface area (Å²) in [4.78, 5) is 4.67. The maximum atomic E-state index is 14.7. The van der Waals surface area contributed by atoms with Gasteiger partial charge in [-0.15, -0.1) is 11.8 Å². The maximum Gasteiger partial charge on any atom is 0.165 e. The zero-order chi connectivity index (χ0) is 22.7. The number of aromatic nitrogens is 1. The molecular weight excluding hydrogens is 435 g/mol. The first-order chi connectivity index (χ1) is 15.5. The predicted molar refractivity (Wildman–Crippen MR) is 122 cm³/mol. The molecule has 0 saturated heterocycles. The Hall–Kier alpha value is -3.39. The third-order valence-corrected chi connectivity index (χ3v) is 6.02. The van der Waals surface area contributed by atoms with E-state index in [0.29, 0.717) is 27.2 Å². The van der Waals surface area contributed by atoms with Crippen LogP contribution in [-0.2, 0) is 12.3 Å². The number of nitrogen functional groups attached to an aromatic ring is 1. The molecule has 4 nitrogen and oxygen atoms in total. The highest BCUT2D eigenvalue weighted by Gasteiger charge is 2.15. The summed E-state index contributed by atoms with van der Waals surface area (Å²) in [6.07, 6.45) is 1.40. The average molecular weight is 456 g/mol. The normalized spacial score (nSPS) is 11.0. The van der Waals surface area contributed by atoms with Gasteiger partial charge in [0.25, 0.3) is 0 Å². The Labute approximate surface area is 187 Å². The zero-order valence-corrected chi connectivity index (χ0v) is 18.0. The Bertz CT molecular complexity index is 1250. The third-order valence-electron chi connectivity index (χ3n) is 4.98. The van der Waals surface area contributed by atoms with Gasteiger partial charge in [-0.3, -0.25) is 4.98 Å². The molecule has 0 radical (unpaired) electrons. The lowest BCUT2D eigenvalue weighted by atomic mass is 10.1. The highest BCUT2D eigenvalue weighted by molar-refractivity contribution is 7.98. The summed E-state index contributed by atoms with van der Waals surface area (Å²) in [7, 11) is 1.36. The SMILES string of the molecule is COc1cc2ncc(N)c(NCc3c(F)cc(SCc4ccccc4)cc3F)c2cc1F. The summed E-state index contributed by atoms with van der Waals surface area (Å²) in [6, 6.07) is 15.0. The number of ether oxygens (including phenoxy) is 1. The molecule has 0 saturated carbocycles. The smallest absolute Gasteiger partial charge is 0.165 e. The lowest BCUT2D eigenvalue weighted by Gasteiger charge is -2.15. The molecule has 1 aromatic heterocycles. The van der Waals surface area contributed by atoms with E-state index in [-0.39, 0.29) is 23.5 Å². The monoisotopic (exact) mass is 455 g/mol. The topological polar surface area (TPSA) is 60.2 Å². The maximum absolute atomic E-state index is 14.7. The minimum atomic E-state index is -0.669. The molecule has 4 aromatic rings.